The number of carbonyl (C=O) groups is 1. The smallest absolute Gasteiger partial charge is 0.335 e. The molecule has 8 heteroatoms. The van der Waals surface area contributed by atoms with E-state index in [0.717, 1.165) is 12.1 Å². The van der Waals surface area contributed by atoms with Crippen LogP contribution in [0.1, 0.15) is 30.1 Å². The van der Waals surface area contributed by atoms with Gasteiger partial charge in [-0.1, -0.05) is 13.3 Å². The van der Waals surface area contributed by atoms with Crippen LogP contribution in [-0.4, -0.2) is 37.2 Å². The topological polar surface area (TPSA) is 104 Å². The molecule has 1 atom stereocenters. The summed E-state index contributed by atoms with van der Waals surface area (Å²) in [5.74, 6) is -2.50. The van der Waals surface area contributed by atoms with E-state index >= 15 is 0 Å². The Morgan fingerprint density at radius 3 is 2.60 bits per heavy atom. The molecule has 0 aliphatic carbocycles. The summed E-state index contributed by atoms with van der Waals surface area (Å²) in [5, 5.41) is 18.1. The molecule has 1 unspecified atom stereocenters. The molecule has 0 aromatic heterocycles. The van der Waals surface area contributed by atoms with E-state index in [-0.39, 0.29) is 12.1 Å². The van der Waals surface area contributed by atoms with Gasteiger partial charge in [0.2, 0.25) is 10.0 Å². The second-order valence-electron chi connectivity index (χ2n) is 4.24. The second-order valence-corrected chi connectivity index (χ2v) is 5.98. The van der Waals surface area contributed by atoms with E-state index in [1.807, 2.05) is 6.92 Å². The summed E-state index contributed by atoms with van der Waals surface area (Å²) in [6, 6.07) is 2.52. The van der Waals surface area contributed by atoms with Gasteiger partial charge in [0.15, 0.2) is 0 Å². The van der Waals surface area contributed by atoms with Crippen LogP contribution in [0.3, 0.4) is 0 Å². The Morgan fingerprint density at radius 1 is 1.45 bits per heavy atom. The van der Waals surface area contributed by atoms with E-state index in [0.29, 0.717) is 18.9 Å². The fourth-order valence-electron chi connectivity index (χ4n) is 1.57. The van der Waals surface area contributed by atoms with Gasteiger partial charge in [-0.05, 0) is 24.6 Å². The number of halogens is 1. The Labute approximate surface area is 116 Å². The molecule has 0 radical (unpaired) electrons. The molecule has 0 fully saturated rings. The molecule has 0 aliphatic rings. The van der Waals surface area contributed by atoms with Crippen LogP contribution in [0.5, 0.6) is 0 Å². The van der Waals surface area contributed by atoms with Gasteiger partial charge in [0.1, 0.15) is 10.7 Å². The lowest BCUT2D eigenvalue weighted by molar-refractivity contribution is 0.0696. The molecule has 6 nitrogen and oxygen atoms in total. The lowest BCUT2D eigenvalue weighted by atomic mass is 10.2. The molecule has 0 aliphatic heterocycles. The van der Waals surface area contributed by atoms with Crippen molar-refractivity contribution in [1.29, 1.82) is 0 Å². The van der Waals surface area contributed by atoms with E-state index in [4.69, 9.17) is 5.11 Å². The van der Waals surface area contributed by atoms with Crippen molar-refractivity contribution in [1.82, 2.24) is 4.72 Å². The lowest BCUT2D eigenvalue weighted by Crippen LogP contribution is -2.32. The minimum atomic E-state index is -4.12. The van der Waals surface area contributed by atoms with Crippen molar-refractivity contribution in [3.05, 3.63) is 29.6 Å². The van der Waals surface area contributed by atoms with Crippen LogP contribution in [0.15, 0.2) is 23.1 Å². The van der Waals surface area contributed by atoms with Crippen molar-refractivity contribution in [2.75, 3.05) is 6.54 Å². The highest BCUT2D eigenvalue weighted by Crippen LogP contribution is 2.16. The predicted molar refractivity (Wildman–Crippen MR) is 69.5 cm³/mol. The Hall–Kier alpha value is -1.51. The van der Waals surface area contributed by atoms with E-state index in [9.17, 15) is 22.7 Å². The monoisotopic (exact) mass is 305 g/mol. The average molecular weight is 305 g/mol. The first-order valence-corrected chi connectivity index (χ1v) is 7.46. The maximum atomic E-state index is 13.6. The van der Waals surface area contributed by atoms with Gasteiger partial charge in [-0.3, -0.25) is 0 Å². The molecule has 0 bridgehead atoms. The van der Waals surface area contributed by atoms with Gasteiger partial charge < -0.3 is 10.2 Å². The molecule has 1 rings (SSSR count). The quantitative estimate of drug-likeness (QED) is 0.696. The summed E-state index contributed by atoms with van der Waals surface area (Å²) in [6.07, 6.45) is 0.254. The van der Waals surface area contributed by atoms with Crippen LogP contribution in [0.4, 0.5) is 4.39 Å². The van der Waals surface area contributed by atoms with Crippen LogP contribution >= 0.6 is 0 Å². The van der Waals surface area contributed by atoms with Gasteiger partial charge in [-0.25, -0.2) is 22.3 Å². The highest BCUT2D eigenvalue weighted by atomic mass is 32.2. The van der Waals surface area contributed by atoms with Gasteiger partial charge in [0.05, 0.1) is 11.7 Å². The number of rotatable bonds is 7. The molecule has 112 valence electrons. The number of carboxylic acid groups (broad SMARTS) is 1. The number of aliphatic hydroxyl groups excluding tert-OH is 1. The van der Waals surface area contributed by atoms with Crippen molar-refractivity contribution in [2.45, 2.75) is 30.8 Å². The third-order valence-corrected chi connectivity index (χ3v) is 4.06. The molecule has 3 N–H and O–H groups in total. The van der Waals surface area contributed by atoms with Crippen LogP contribution < -0.4 is 4.72 Å². The standard InChI is InChI=1S/C12H16FNO5S/c1-2-3-9(15)7-14-20(18,19)11-5-4-8(12(16)17)6-10(11)13/h4-6,9,14-15H,2-3,7H2,1H3,(H,16,17). The van der Waals surface area contributed by atoms with Gasteiger partial charge in [-0.15, -0.1) is 0 Å². The Bertz CT molecular complexity index is 588. The molecule has 1 aromatic carbocycles. The first-order valence-electron chi connectivity index (χ1n) is 5.98. The zero-order chi connectivity index (χ0) is 15.3. The number of aromatic carboxylic acids is 1. The zero-order valence-corrected chi connectivity index (χ0v) is 11.7. The minimum absolute atomic E-state index is 0.226. The Balaban J connectivity index is 2.90. The van der Waals surface area contributed by atoms with Crippen molar-refractivity contribution in [3.63, 3.8) is 0 Å². The fourth-order valence-corrected chi connectivity index (χ4v) is 2.70. The fraction of sp³-hybridized carbons (Fsp3) is 0.417. The minimum Gasteiger partial charge on any atom is -0.478 e. The van der Waals surface area contributed by atoms with Crippen LogP contribution in [0.2, 0.25) is 0 Å². The van der Waals surface area contributed by atoms with Gasteiger partial charge in [0.25, 0.3) is 0 Å². The van der Waals surface area contributed by atoms with Crippen molar-refractivity contribution in [3.8, 4) is 0 Å². The van der Waals surface area contributed by atoms with E-state index in [1.54, 1.807) is 0 Å². The van der Waals surface area contributed by atoms with Crippen molar-refractivity contribution < 1.29 is 27.8 Å². The lowest BCUT2D eigenvalue weighted by Gasteiger charge is -2.12. The summed E-state index contributed by atoms with van der Waals surface area (Å²) in [7, 11) is -4.12. The number of hydrogen-bond acceptors (Lipinski definition) is 4. The summed E-state index contributed by atoms with van der Waals surface area (Å²) in [4.78, 5) is 9.99. The number of carboxylic acids is 1. The van der Waals surface area contributed by atoms with Crippen LogP contribution in [0, 0.1) is 5.82 Å². The maximum Gasteiger partial charge on any atom is 0.335 e. The number of aliphatic hydroxyl groups is 1. The molecule has 1 aromatic rings. The highest BCUT2D eigenvalue weighted by molar-refractivity contribution is 7.89. The third-order valence-electron chi connectivity index (χ3n) is 2.60. The number of hydrogen-bond donors (Lipinski definition) is 3. The SMILES string of the molecule is CCCC(O)CNS(=O)(=O)c1ccc(C(=O)O)cc1F. The molecule has 0 saturated heterocycles. The third kappa shape index (κ3) is 4.26. The summed E-state index contributed by atoms with van der Waals surface area (Å²) < 4.78 is 39.4. The first kappa shape index (κ1) is 16.5. The summed E-state index contributed by atoms with van der Waals surface area (Å²) >= 11 is 0. The molecular weight excluding hydrogens is 289 g/mol. The van der Waals surface area contributed by atoms with Gasteiger partial charge in [-0.2, -0.15) is 0 Å². The van der Waals surface area contributed by atoms with E-state index in [2.05, 4.69) is 4.72 Å². The molecular formula is C12H16FNO5S. The molecule has 20 heavy (non-hydrogen) atoms. The summed E-state index contributed by atoms with van der Waals surface area (Å²) in [6.45, 7) is 1.61. The van der Waals surface area contributed by atoms with E-state index < -0.39 is 32.8 Å². The zero-order valence-electron chi connectivity index (χ0n) is 10.8. The number of nitrogens with one attached hydrogen (secondary N) is 1. The van der Waals surface area contributed by atoms with E-state index in [1.165, 1.54) is 0 Å². The number of benzene rings is 1. The predicted octanol–water partition coefficient (Wildman–Crippen LogP) is 0.963. The Kier molecular flexibility index (Phi) is 5.61. The summed E-state index contributed by atoms with van der Waals surface area (Å²) in [5.41, 5.74) is -0.340. The maximum absolute atomic E-state index is 13.6. The second kappa shape index (κ2) is 6.78. The largest absolute Gasteiger partial charge is 0.478 e. The molecule has 0 saturated carbocycles. The molecule has 0 spiro atoms. The number of sulfonamides is 1. The average Bonchev–Trinajstić information content (AvgIpc) is 2.36. The van der Waals surface area contributed by atoms with Gasteiger partial charge >= 0.3 is 5.97 Å². The van der Waals surface area contributed by atoms with Crippen molar-refractivity contribution in [2.24, 2.45) is 0 Å². The van der Waals surface area contributed by atoms with Crippen molar-refractivity contribution >= 4 is 16.0 Å². The Morgan fingerprint density at radius 2 is 2.10 bits per heavy atom. The molecule has 0 heterocycles. The normalized spacial score (nSPS) is 13.2. The highest BCUT2D eigenvalue weighted by Gasteiger charge is 2.21. The van der Waals surface area contributed by atoms with Crippen LogP contribution in [-0.2, 0) is 10.0 Å². The van der Waals surface area contributed by atoms with Gasteiger partial charge in [0, 0.05) is 6.54 Å². The van der Waals surface area contributed by atoms with Crippen LogP contribution in [0.25, 0.3) is 0 Å². The first-order chi connectivity index (χ1) is 9.27. The molecule has 0 amide bonds.